The van der Waals surface area contributed by atoms with E-state index in [0.29, 0.717) is 0 Å². The highest BCUT2D eigenvalue weighted by molar-refractivity contribution is 9.09. The van der Waals surface area contributed by atoms with E-state index in [0.717, 1.165) is 16.2 Å². The van der Waals surface area contributed by atoms with E-state index in [4.69, 9.17) is 11.6 Å². The molecule has 1 rings (SSSR count). The maximum absolute atomic E-state index is 5.67. The number of nitrogens with one attached hydrogen (secondary N) is 1. The molecular formula is C7H7BrClN. The second kappa shape index (κ2) is 3.84. The van der Waals surface area contributed by atoms with Crippen molar-refractivity contribution in [3.8, 4) is 0 Å². The maximum atomic E-state index is 5.67. The van der Waals surface area contributed by atoms with Gasteiger partial charge in [0.25, 0.3) is 0 Å². The normalized spacial score (nSPS) is 9.40. The Morgan fingerprint density at radius 2 is 1.90 bits per heavy atom. The van der Waals surface area contributed by atoms with Crippen molar-refractivity contribution < 1.29 is 0 Å². The van der Waals surface area contributed by atoms with Crippen LogP contribution in [0.1, 0.15) is 0 Å². The van der Waals surface area contributed by atoms with E-state index in [1.165, 1.54) is 0 Å². The second-order valence-electron chi connectivity index (χ2n) is 1.82. The third kappa shape index (κ3) is 2.20. The molecule has 0 aliphatic heterocycles. The molecule has 0 aromatic heterocycles. The van der Waals surface area contributed by atoms with Gasteiger partial charge in [-0.15, -0.1) is 0 Å². The Morgan fingerprint density at radius 1 is 1.30 bits per heavy atom. The van der Waals surface area contributed by atoms with Crippen LogP contribution in [0.25, 0.3) is 0 Å². The summed E-state index contributed by atoms with van der Waals surface area (Å²) in [6.07, 6.45) is 0. The van der Waals surface area contributed by atoms with Crippen molar-refractivity contribution in [3.05, 3.63) is 29.3 Å². The molecule has 1 aromatic rings. The van der Waals surface area contributed by atoms with Gasteiger partial charge < -0.3 is 5.32 Å². The fourth-order valence-electron chi connectivity index (χ4n) is 0.645. The Labute approximate surface area is 73.5 Å². The lowest BCUT2D eigenvalue weighted by Crippen LogP contribution is -1.91. The summed E-state index contributed by atoms with van der Waals surface area (Å²) < 4.78 is 0. The van der Waals surface area contributed by atoms with E-state index in [9.17, 15) is 0 Å². The van der Waals surface area contributed by atoms with Gasteiger partial charge in [0.05, 0.1) is 5.45 Å². The van der Waals surface area contributed by atoms with Crippen LogP contribution >= 0.6 is 27.5 Å². The molecule has 0 bridgehead atoms. The van der Waals surface area contributed by atoms with Gasteiger partial charge in [-0.1, -0.05) is 27.5 Å². The van der Waals surface area contributed by atoms with Crippen LogP contribution in [0.4, 0.5) is 5.69 Å². The van der Waals surface area contributed by atoms with Crippen molar-refractivity contribution in [1.29, 1.82) is 0 Å². The minimum Gasteiger partial charge on any atom is -0.375 e. The highest BCUT2D eigenvalue weighted by Crippen LogP contribution is 2.13. The van der Waals surface area contributed by atoms with Gasteiger partial charge >= 0.3 is 0 Å². The maximum Gasteiger partial charge on any atom is 0.0707 e. The predicted molar refractivity (Wildman–Crippen MR) is 48.9 cm³/mol. The summed E-state index contributed by atoms with van der Waals surface area (Å²) in [5.41, 5.74) is 1.83. The first-order valence-electron chi connectivity index (χ1n) is 2.88. The van der Waals surface area contributed by atoms with Gasteiger partial charge in [-0.3, -0.25) is 0 Å². The van der Waals surface area contributed by atoms with Gasteiger partial charge in [-0.25, -0.2) is 0 Å². The van der Waals surface area contributed by atoms with Crippen LogP contribution in [0.5, 0.6) is 0 Å². The van der Waals surface area contributed by atoms with Crippen LogP contribution in [-0.4, -0.2) is 5.45 Å². The van der Waals surface area contributed by atoms with Crippen molar-refractivity contribution in [2.45, 2.75) is 0 Å². The predicted octanol–water partition coefficient (Wildman–Crippen LogP) is 3.10. The lowest BCUT2D eigenvalue weighted by atomic mass is 10.3. The molecule has 0 amide bonds. The van der Waals surface area contributed by atoms with Crippen molar-refractivity contribution in [3.63, 3.8) is 0 Å². The summed E-state index contributed by atoms with van der Waals surface area (Å²) >= 11 is 8.93. The number of hydrogen-bond donors (Lipinski definition) is 1. The van der Waals surface area contributed by atoms with Crippen LogP contribution in [0.2, 0.25) is 5.02 Å². The van der Waals surface area contributed by atoms with E-state index in [2.05, 4.69) is 21.2 Å². The first kappa shape index (κ1) is 7.89. The highest BCUT2D eigenvalue weighted by atomic mass is 79.9. The summed E-state index contributed by atoms with van der Waals surface area (Å²) in [4.78, 5) is 0. The largest absolute Gasteiger partial charge is 0.375 e. The first-order chi connectivity index (χ1) is 4.83. The summed E-state index contributed by atoms with van der Waals surface area (Å²) in [5, 5.41) is 3.86. The Morgan fingerprint density at radius 3 is 2.40 bits per heavy atom. The topological polar surface area (TPSA) is 12.0 Å². The van der Waals surface area contributed by atoms with E-state index in [-0.39, 0.29) is 0 Å². The Bertz CT molecular complexity index is 197. The average Bonchev–Trinajstić information content (AvgIpc) is 1.95. The van der Waals surface area contributed by atoms with Crippen molar-refractivity contribution in [1.82, 2.24) is 0 Å². The molecule has 0 saturated carbocycles. The van der Waals surface area contributed by atoms with E-state index < -0.39 is 0 Å². The van der Waals surface area contributed by atoms with Gasteiger partial charge in [0.15, 0.2) is 0 Å². The molecule has 54 valence electrons. The van der Waals surface area contributed by atoms with Gasteiger partial charge in [-0.05, 0) is 24.3 Å². The molecule has 1 N–H and O–H groups in total. The molecule has 0 fully saturated rings. The Balaban J connectivity index is 2.69. The fraction of sp³-hybridized carbons (Fsp3) is 0.143. The van der Waals surface area contributed by atoms with E-state index in [1.54, 1.807) is 0 Å². The monoisotopic (exact) mass is 219 g/mol. The number of benzene rings is 1. The molecule has 1 nitrogen and oxygen atoms in total. The summed E-state index contributed by atoms with van der Waals surface area (Å²) in [7, 11) is 0. The zero-order valence-corrected chi connectivity index (χ0v) is 7.61. The molecule has 0 saturated heterocycles. The van der Waals surface area contributed by atoms with Gasteiger partial charge in [0.2, 0.25) is 0 Å². The molecule has 0 spiro atoms. The average molecular weight is 220 g/mol. The molecule has 0 aliphatic carbocycles. The third-order valence-corrected chi connectivity index (χ3v) is 1.65. The standard InChI is InChI=1S/C7H7BrClN/c8-5-10-7-3-1-6(9)2-4-7/h1-4,10H,5H2. The number of rotatable bonds is 2. The quantitative estimate of drug-likeness (QED) is 0.596. The summed E-state index contributed by atoms with van der Waals surface area (Å²) in [5.74, 6) is 0. The molecular weight excluding hydrogens is 213 g/mol. The summed E-state index contributed by atoms with van der Waals surface area (Å²) in [6.45, 7) is 0. The lowest BCUT2D eigenvalue weighted by Gasteiger charge is -1.99. The minimum atomic E-state index is 0.759. The molecule has 0 radical (unpaired) electrons. The van der Waals surface area contributed by atoms with Crippen LogP contribution < -0.4 is 5.32 Å². The van der Waals surface area contributed by atoms with E-state index >= 15 is 0 Å². The summed E-state index contributed by atoms with van der Waals surface area (Å²) in [6, 6.07) is 7.58. The highest BCUT2D eigenvalue weighted by Gasteiger charge is 1.87. The zero-order valence-electron chi connectivity index (χ0n) is 5.27. The molecule has 10 heavy (non-hydrogen) atoms. The fourth-order valence-corrected chi connectivity index (χ4v) is 1.09. The van der Waals surface area contributed by atoms with Crippen molar-refractivity contribution >= 4 is 33.2 Å². The number of hydrogen-bond acceptors (Lipinski definition) is 1. The number of anilines is 1. The molecule has 0 aliphatic rings. The molecule has 0 unspecified atom stereocenters. The third-order valence-electron chi connectivity index (χ3n) is 1.12. The van der Waals surface area contributed by atoms with Gasteiger partial charge in [-0.2, -0.15) is 0 Å². The second-order valence-corrected chi connectivity index (χ2v) is 2.81. The van der Waals surface area contributed by atoms with Gasteiger partial charge in [0.1, 0.15) is 0 Å². The molecule has 0 heterocycles. The van der Waals surface area contributed by atoms with Gasteiger partial charge in [0, 0.05) is 10.7 Å². The number of alkyl halides is 1. The Hall–Kier alpha value is -0.210. The molecule has 3 heteroatoms. The van der Waals surface area contributed by atoms with Crippen LogP contribution in [0.15, 0.2) is 24.3 Å². The number of halogens is 2. The minimum absolute atomic E-state index is 0.759. The Kier molecular flexibility index (Phi) is 3.03. The van der Waals surface area contributed by atoms with Crippen molar-refractivity contribution in [2.75, 3.05) is 10.8 Å². The lowest BCUT2D eigenvalue weighted by molar-refractivity contribution is 1.48. The van der Waals surface area contributed by atoms with Crippen LogP contribution in [0, 0.1) is 0 Å². The zero-order chi connectivity index (χ0) is 7.40. The van der Waals surface area contributed by atoms with E-state index in [1.807, 2.05) is 24.3 Å². The smallest absolute Gasteiger partial charge is 0.0707 e. The van der Waals surface area contributed by atoms with Crippen molar-refractivity contribution in [2.24, 2.45) is 0 Å². The molecule has 0 atom stereocenters. The van der Waals surface area contributed by atoms with Crippen LogP contribution in [0.3, 0.4) is 0 Å². The SMILES string of the molecule is Clc1ccc(NCBr)cc1. The molecule has 1 aromatic carbocycles. The first-order valence-corrected chi connectivity index (χ1v) is 4.38. The van der Waals surface area contributed by atoms with Crippen LogP contribution in [-0.2, 0) is 0 Å².